The molecule has 0 amide bonds. The molecule has 2 aromatic heterocycles. The number of piperidine rings is 1. The van der Waals surface area contributed by atoms with Crippen LogP contribution in [0.1, 0.15) is 12.8 Å². The summed E-state index contributed by atoms with van der Waals surface area (Å²) in [5.41, 5.74) is 1.09. The van der Waals surface area contributed by atoms with Crippen molar-refractivity contribution in [1.29, 1.82) is 0 Å². The second-order valence-electron chi connectivity index (χ2n) is 6.45. The number of alkyl halides is 6. The summed E-state index contributed by atoms with van der Waals surface area (Å²) in [6.45, 7) is -0.583. The Kier molecular flexibility index (Phi) is 6.92. The van der Waals surface area contributed by atoms with Gasteiger partial charge in [-0.2, -0.15) is 26.3 Å². The van der Waals surface area contributed by atoms with Crippen molar-refractivity contribution >= 4 is 29.3 Å². The Morgan fingerprint density at radius 2 is 1.68 bits per heavy atom. The van der Waals surface area contributed by atoms with Gasteiger partial charge in [-0.15, -0.1) is 12.4 Å². The van der Waals surface area contributed by atoms with E-state index in [9.17, 15) is 26.3 Å². The van der Waals surface area contributed by atoms with E-state index in [0.717, 1.165) is 0 Å². The number of pyridine rings is 1. The number of fused-ring (bicyclic) bond motifs is 1. The van der Waals surface area contributed by atoms with Crippen LogP contribution >= 0.6 is 12.4 Å². The van der Waals surface area contributed by atoms with E-state index in [1.165, 1.54) is 23.5 Å². The highest BCUT2D eigenvalue weighted by molar-refractivity contribution is 5.85. The molecule has 0 aromatic carbocycles. The Morgan fingerprint density at radius 3 is 2.36 bits per heavy atom. The lowest BCUT2D eigenvalue weighted by Crippen LogP contribution is -2.53. The maximum atomic E-state index is 13.4. The highest BCUT2D eigenvalue weighted by Crippen LogP contribution is 2.36. The zero-order chi connectivity index (χ0) is 19.7. The predicted octanol–water partition coefficient (Wildman–Crippen LogP) is 3.75. The Hall–Kier alpha value is -1.88. The number of aromatic nitrogens is 3. The van der Waals surface area contributed by atoms with Crippen molar-refractivity contribution in [3.8, 4) is 0 Å². The van der Waals surface area contributed by atoms with Gasteiger partial charge in [0, 0.05) is 44.3 Å². The molecule has 5 nitrogen and oxygen atoms in total. The molecule has 0 unspecified atom stereocenters. The summed E-state index contributed by atoms with van der Waals surface area (Å²) in [4.78, 5) is 13.7. The first kappa shape index (κ1) is 22.4. The number of halogens is 7. The van der Waals surface area contributed by atoms with Crippen molar-refractivity contribution in [2.24, 2.45) is 5.92 Å². The number of hydrogen-bond donors (Lipinski definition) is 1. The SMILES string of the molecule is Cl.FC(F)(F)CCN[C@@H]1C[C@H](C(F)(F)F)CN(c2ccnc3nccnc23)C1. The minimum Gasteiger partial charge on any atom is -0.367 e. The third-order valence-corrected chi connectivity index (χ3v) is 4.45. The van der Waals surface area contributed by atoms with Crippen LogP contribution in [0.15, 0.2) is 24.7 Å². The van der Waals surface area contributed by atoms with Crippen LogP contribution in [0.4, 0.5) is 32.0 Å². The van der Waals surface area contributed by atoms with E-state index in [4.69, 9.17) is 0 Å². The molecular weight excluding hydrogens is 412 g/mol. The molecule has 1 N–H and O–H groups in total. The lowest BCUT2D eigenvalue weighted by molar-refractivity contribution is -0.178. The van der Waals surface area contributed by atoms with Gasteiger partial charge in [0.2, 0.25) is 0 Å². The van der Waals surface area contributed by atoms with Crippen molar-refractivity contribution in [2.45, 2.75) is 31.2 Å². The van der Waals surface area contributed by atoms with Gasteiger partial charge in [-0.3, -0.25) is 0 Å². The quantitative estimate of drug-likeness (QED) is 0.750. The second-order valence-corrected chi connectivity index (χ2v) is 6.45. The Labute approximate surface area is 163 Å². The molecule has 156 valence electrons. The van der Waals surface area contributed by atoms with Crippen molar-refractivity contribution in [2.75, 3.05) is 24.5 Å². The van der Waals surface area contributed by atoms with Gasteiger partial charge in [-0.05, 0) is 12.5 Å². The summed E-state index contributed by atoms with van der Waals surface area (Å²) in [5.74, 6) is -1.66. The van der Waals surface area contributed by atoms with Crippen molar-refractivity contribution in [1.82, 2.24) is 20.3 Å². The maximum Gasteiger partial charge on any atom is 0.393 e. The lowest BCUT2D eigenvalue weighted by Gasteiger charge is -2.40. The summed E-state index contributed by atoms with van der Waals surface area (Å²) in [6, 6.07) is 0.815. The van der Waals surface area contributed by atoms with Crippen LogP contribution in [0.25, 0.3) is 11.2 Å². The molecule has 1 saturated heterocycles. The van der Waals surface area contributed by atoms with Crippen LogP contribution in [0.2, 0.25) is 0 Å². The third-order valence-electron chi connectivity index (χ3n) is 4.45. The van der Waals surface area contributed by atoms with E-state index in [1.807, 2.05) is 0 Å². The van der Waals surface area contributed by atoms with E-state index in [2.05, 4.69) is 20.3 Å². The number of nitrogens with zero attached hydrogens (tertiary/aromatic N) is 4. The Morgan fingerprint density at radius 1 is 1.00 bits per heavy atom. The van der Waals surface area contributed by atoms with Gasteiger partial charge >= 0.3 is 12.4 Å². The minimum absolute atomic E-state index is 0. The fourth-order valence-electron chi connectivity index (χ4n) is 3.22. The maximum absolute atomic E-state index is 13.4. The Balaban J connectivity index is 0.00000280. The summed E-state index contributed by atoms with van der Waals surface area (Å²) in [7, 11) is 0. The minimum atomic E-state index is -4.45. The molecular formula is C16H18ClF6N5. The molecule has 3 rings (SSSR count). The zero-order valence-corrected chi connectivity index (χ0v) is 15.3. The monoisotopic (exact) mass is 429 g/mol. The van der Waals surface area contributed by atoms with Gasteiger partial charge in [0.15, 0.2) is 5.65 Å². The number of nitrogens with one attached hydrogen (secondary N) is 1. The standard InChI is InChI=1S/C16H17F6N5.ClH/c17-15(18,19)2-4-23-11-7-10(16(20,21)22)8-27(9-11)12-1-3-25-14-13(12)24-5-6-26-14;/h1,3,5-6,10-11,23H,2,4,7-9H2;1H/t10-,11+;/m0./s1. The molecule has 2 aromatic rings. The van der Waals surface area contributed by atoms with E-state index >= 15 is 0 Å². The van der Waals surface area contributed by atoms with Gasteiger partial charge < -0.3 is 10.2 Å². The highest BCUT2D eigenvalue weighted by atomic mass is 35.5. The summed E-state index contributed by atoms with van der Waals surface area (Å²) in [6.07, 6.45) is -5.90. The number of rotatable bonds is 4. The molecule has 0 aliphatic carbocycles. The van der Waals surface area contributed by atoms with Gasteiger partial charge in [0.1, 0.15) is 5.52 Å². The topological polar surface area (TPSA) is 53.9 Å². The van der Waals surface area contributed by atoms with E-state index in [1.54, 1.807) is 6.07 Å². The lowest BCUT2D eigenvalue weighted by atomic mass is 9.93. The van der Waals surface area contributed by atoms with Gasteiger partial charge in [-0.1, -0.05) is 0 Å². The first-order valence-electron chi connectivity index (χ1n) is 8.31. The fraction of sp³-hybridized carbons (Fsp3) is 0.562. The second kappa shape index (κ2) is 8.64. The first-order valence-corrected chi connectivity index (χ1v) is 8.31. The van der Waals surface area contributed by atoms with Crippen LogP contribution in [0, 0.1) is 5.92 Å². The highest BCUT2D eigenvalue weighted by Gasteiger charge is 2.45. The molecule has 28 heavy (non-hydrogen) atoms. The van der Waals surface area contributed by atoms with Crippen molar-refractivity contribution in [3.05, 3.63) is 24.7 Å². The molecule has 0 bridgehead atoms. The van der Waals surface area contributed by atoms with Gasteiger partial charge in [0.25, 0.3) is 0 Å². The molecule has 2 atom stereocenters. The predicted molar refractivity (Wildman–Crippen MR) is 93.4 cm³/mol. The smallest absolute Gasteiger partial charge is 0.367 e. The summed E-state index contributed by atoms with van der Waals surface area (Å²) in [5, 5.41) is 2.61. The number of anilines is 1. The molecule has 1 aliphatic rings. The first-order chi connectivity index (χ1) is 12.6. The van der Waals surface area contributed by atoms with E-state index in [-0.39, 0.29) is 31.9 Å². The fourth-order valence-corrected chi connectivity index (χ4v) is 3.22. The van der Waals surface area contributed by atoms with Gasteiger partial charge in [0.05, 0.1) is 18.0 Å². The summed E-state index contributed by atoms with van der Waals surface area (Å²) >= 11 is 0. The average molecular weight is 430 g/mol. The van der Waals surface area contributed by atoms with Crippen LogP contribution in [-0.4, -0.2) is 53.0 Å². The molecule has 12 heteroatoms. The van der Waals surface area contributed by atoms with E-state index in [0.29, 0.717) is 16.9 Å². The Bertz CT molecular complexity index is 779. The number of hydrogen-bond acceptors (Lipinski definition) is 5. The van der Waals surface area contributed by atoms with Crippen LogP contribution in [0.5, 0.6) is 0 Å². The normalized spacial score (nSPS) is 20.9. The molecule has 0 radical (unpaired) electrons. The molecule has 0 saturated carbocycles. The van der Waals surface area contributed by atoms with E-state index < -0.39 is 37.3 Å². The molecule has 1 aliphatic heterocycles. The van der Waals surface area contributed by atoms with Crippen LogP contribution < -0.4 is 10.2 Å². The summed E-state index contributed by atoms with van der Waals surface area (Å²) < 4.78 is 77.1. The molecule has 1 fully saturated rings. The largest absolute Gasteiger partial charge is 0.393 e. The third kappa shape index (κ3) is 5.57. The van der Waals surface area contributed by atoms with Crippen LogP contribution in [0.3, 0.4) is 0 Å². The van der Waals surface area contributed by atoms with Gasteiger partial charge in [-0.25, -0.2) is 15.0 Å². The van der Waals surface area contributed by atoms with Crippen molar-refractivity contribution < 1.29 is 26.3 Å². The average Bonchev–Trinajstić information content (AvgIpc) is 2.59. The van der Waals surface area contributed by atoms with Crippen LogP contribution in [-0.2, 0) is 0 Å². The van der Waals surface area contributed by atoms with Crippen molar-refractivity contribution in [3.63, 3.8) is 0 Å². The molecule has 3 heterocycles. The zero-order valence-electron chi connectivity index (χ0n) is 14.5. The molecule has 0 spiro atoms.